The molecule has 2 bridgehead atoms. The van der Waals surface area contributed by atoms with E-state index in [4.69, 9.17) is 9.47 Å². The SMILES string of the molecule is CC1=C2CC[C@@](C)(O)[C@H]3CC[C@@](C)(O3)[C@@H](O)CC/C(C)=C/[C@H]2OC1=O. The molecule has 0 aromatic carbocycles. The Labute approximate surface area is 149 Å². The standard InChI is InChI=1S/C20H30O5/c1-12-5-6-16(21)20(4)10-8-17(25-20)19(3,23)9-7-14-13(2)18(22)24-15(14)11-12/h11,15-17,21,23H,5-10H2,1-4H3/b12-11+/t15-,16+,17-,19-,20-/m1/s1. The molecule has 3 aliphatic heterocycles. The highest BCUT2D eigenvalue weighted by Gasteiger charge is 2.48. The van der Waals surface area contributed by atoms with Crippen molar-refractivity contribution in [2.24, 2.45) is 0 Å². The van der Waals surface area contributed by atoms with Crippen molar-refractivity contribution in [3.63, 3.8) is 0 Å². The van der Waals surface area contributed by atoms with E-state index in [1.165, 1.54) is 0 Å². The van der Waals surface area contributed by atoms with Crippen LogP contribution in [0.25, 0.3) is 0 Å². The largest absolute Gasteiger partial charge is 0.450 e. The number of esters is 1. The molecule has 0 amide bonds. The van der Waals surface area contributed by atoms with Crippen LogP contribution < -0.4 is 0 Å². The number of aliphatic hydroxyl groups is 2. The first-order valence-corrected chi connectivity index (χ1v) is 9.28. The molecule has 3 aliphatic rings. The average Bonchev–Trinajstić information content (AvgIpc) is 3.06. The number of hydrogen-bond acceptors (Lipinski definition) is 5. The Kier molecular flexibility index (Phi) is 4.86. The van der Waals surface area contributed by atoms with Crippen LogP contribution in [0.1, 0.15) is 66.2 Å². The number of carbonyl (C=O) groups is 1. The van der Waals surface area contributed by atoms with Gasteiger partial charge in [0.15, 0.2) is 0 Å². The second kappa shape index (κ2) is 6.53. The molecule has 0 aromatic heterocycles. The lowest BCUT2D eigenvalue weighted by Gasteiger charge is -2.35. The molecule has 0 spiro atoms. The Morgan fingerprint density at radius 2 is 1.88 bits per heavy atom. The van der Waals surface area contributed by atoms with Crippen molar-refractivity contribution in [2.45, 2.75) is 95.7 Å². The average molecular weight is 350 g/mol. The summed E-state index contributed by atoms with van der Waals surface area (Å²) in [5.41, 5.74) is 1.07. The van der Waals surface area contributed by atoms with Crippen LogP contribution in [0.4, 0.5) is 0 Å². The maximum atomic E-state index is 12.0. The van der Waals surface area contributed by atoms with Crippen molar-refractivity contribution in [3.8, 4) is 0 Å². The third kappa shape index (κ3) is 3.55. The van der Waals surface area contributed by atoms with Crippen LogP contribution in [-0.2, 0) is 14.3 Å². The molecule has 140 valence electrons. The summed E-state index contributed by atoms with van der Waals surface area (Å²) in [6.07, 6.45) is 4.61. The number of ether oxygens (including phenoxy) is 2. The van der Waals surface area contributed by atoms with Crippen LogP contribution in [0.5, 0.6) is 0 Å². The lowest BCUT2D eigenvalue weighted by molar-refractivity contribution is -0.160. The lowest BCUT2D eigenvalue weighted by atomic mass is 9.86. The van der Waals surface area contributed by atoms with Gasteiger partial charge in [0.25, 0.3) is 0 Å². The van der Waals surface area contributed by atoms with Crippen molar-refractivity contribution < 1.29 is 24.5 Å². The molecule has 0 radical (unpaired) electrons. The van der Waals surface area contributed by atoms with E-state index in [1.807, 2.05) is 19.9 Å². The number of fused-ring (bicyclic) bond motifs is 3. The van der Waals surface area contributed by atoms with Crippen molar-refractivity contribution in [3.05, 3.63) is 22.8 Å². The highest BCUT2D eigenvalue weighted by atomic mass is 16.6. The molecule has 0 unspecified atom stereocenters. The molecule has 0 aliphatic carbocycles. The number of aliphatic hydroxyl groups excluding tert-OH is 1. The smallest absolute Gasteiger partial charge is 0.334 e. The summed E-state index contributed by atoms with van der Waals surface area (Å²) < 4.78 is 11.6. The van der Waals surface area contributed by atoms with Gasteiger partial charge >= 0.3 is 5.97 Å². The Morgan fingerprint density at radius 3 is 2.60 bits per heavy atom. The van der Waals surface area contributed by atoms with Gasteiger partial charge in [-0.25, -0.2) is 4.79 Å². The van der Waals surface area contributed by atoms with Crippen LogP contribution in [0.15, 0.2) is 22.8 Å². The third-order valence-corrected chi connectivity index (χ3v) is 6.23. The van der Waals surface area contributed by atoms with Gasteiger partial charge in [0.05, 0.1) is 23.4 Å². The summed E-state index contributed by atoms with van der Waals surface area (Å²) >= 11 is 0. The topological polar surface area (TPSA) is 76.0 Å². The van der Waals surface area contributed by atoms with Crippen LogP contribution in [-0.4, -0.2) is 45.7 Å². The maximum absolute atomic E-state index is 12.0. The molecule has 0 saturated carbocycles. The fourth-order valence-corrected chi connectivity index (χ4v) is 4.19. The van der Waals surface area contributed by atoms with Crippen LogP contribution >= 0.6 is 0 Å². The van der Waals surface area contributed by atoms with Crippen LogP contribution in [0.2, 0.25) is 0 Å². The first-order valence-electron chi connectivity index (χ1n) is 9.28. The molecule has 3 rings (SSSR count). The summed E-state index contributed by atoms with van der Waals surface area (Å²) in [7, 11) is 0. The summed E-state index contributed by atoms with van der Waals surface area (Å²) in [4.78, 5) is 12.0. The number of rotatable bonds is 0. The Balaban J connectivity index is 1.92. The molecule has 0 aromatic rings. The van der Waals surface area contributed by atoms with Gasteiger partial charge in [-0.2, -0.15) is 0 Å². The Hall–Kier alpha value is -1.17. The molecule has 25 heavy (non-hydrogen) atoms. The highest BCUT2D eigenvalue weighted by molar-refractivity contribution is 5.92. The van der Waals surface area contributed by atoms with Gasteiger partial charge in [-0.15, -0.1) is 0 Å². The van der Waals surface area contributed by atoms with E-state index in [-0.39, 0.29) is 18.2 Å². The number of allylic oxidation sites excluding steroid dienone is 1. The normalized spacial score (nSPS) is 45.0. The Bertz CT molecular complexity index is 618. The third-order valence-electron chi connectivity index (χ3n) is 6.23. The molecule has 5 nitrogen and oxygen atoms in total. The minimum Gasteiger partial charge on any atom is -0.450 e. The van der Waals surface area contributed by atoms with Gasteiger partial charge < -0.3 is 19.7 Å². The second-order valence-electron chi connectivity index (χ2n) is 8.36. The summed E-state index contributed by atoms with van der Waals surface area (Å²) in [5.74, 6) is -0.277. The van der Waals surface area contributed by atoms with Gasteiger partial charge in [-0.3, -0.25) is 0 Å². The first-order chi connectivity index (χ1) is 11.6. The van der Waals surface area contributed by atoms with E-state index in [0.717, 1.165) is 30.4 Å². The molecular weight excluding hydrogens is 320 g/mol. The first kappa shape index (κ1) is 18.6. The zero-order valence-electron chi connectivity index (χ0n) is 15.7. The minimum absolute atomic E-state index is 0.277. The second-order valence-corrected chi connectivity index (χ2v) is 8.36. The fraction of sp³-hybridized carbons (Fsp3) is 0.750. The molecule has 2 N–H and O–H groups in total. The molecule has 3 heterocycles. The van der Waals surface area contributed by atoms with Crippen LogP contribution in [0.3, 0.4) is 0 Å². The molecule has 5 heteroatoms. The van der Waals surface area contributed by atoms with Gasteiger partial charge in [-0.1, -0.05) is 5.57 Å². The fourth-order valence-electron chi connectivity index (χ4n) is 4.19. The summed E-state index contributed by atoms with van der Waals surface area (Å²) in [6.45, 7) is 7.53. The zero-order chi connectivity index (χ0) is 18.4. The predicted molar refractivity (Wildman–Crippen MR) is 93.9 cm³/mol. The lowest BCUT2D eigenvalue weighted by Crippen LogP contribution is -2.45. The number of hydrogen-bond donors (Lipinski definition) is 2. The van der Waals surface area contributed by atoms with Gasteiger partial charge in [0.1, 0.15) is 6.10 Å². The van der Waals surface area contributed by atoms with E-state index >= 15 is 0 Å². The van der Waals surface area contributed by atoms with E-state index in [0.29, 0.717) is 24.8 Å². The van der Waals surface area contributed by atoms with Crippen molar-refractivity contribution in [2.75, 3.05) is 0 Å². The molecule has 1 fully saturated rings. The zero-order valence-corrected chi connectivity index (χ0v) is 15.7. The summed E-state index contributed by atoms with van der Waals surface area (Å²) in [5, 5.41) is 21.6. The molecule has 5 atom stereocenters. The van der Waals surface area contributed by atoms with E-state index in [2.05, 4.69) is 0 Å². The predicted octanol–water partition coefficient (Wildman–Crippen LogP) is 2.80. The van der Waals surface area contributed by atoms with E-state index in [9.17, 15) is 15.0 Å². The van der Waals surface area contributed by atoms with E-state index < -0.39 is 17.3 Å². The highest BCUT2D eigenvalue weighted by Crippen LogP contribution is 2.41. The van der Waals surface area contributed by atoms with Crippen molar-refractivity contribution >= 4 is 5.97 Å². The van der Waals surface area contributed by atoms with Crippen molar-refractivity contribution in [1.29, 1.82) is 0 Å². The van der Waals surface area contributed by atoms with Crippen LogP contribution in [0, 0.1) is 0 Å². The van der Waals surface area contributed by atoms with Gasteiger partial charge in [-0.05, 0) is 77.9 Å². The van der Waals surface area contributed by atoms with Gasteiger partial charge in [0, 0.05) is 5.57 Å². The molecule has 1 saturated heterocycles. The Morgan fingerprint density at radius 1 is 1.16 bits per heavy atom. The maximum Gasteiger partial charge on any atom is 0.334 e. The monoisotopic (exact) mass is 350 g/mol. The minimum atomic E-state index is -1.01. The van der Waals surface area contributed by atoms with Gasteiger partial charge in [0.2, 0.25) is 0 Å². The number of carbonyl (C=O) groups excluding carboxylic acids is 1. The van der Waals surface area contributed by atoms with Crippen molar-refractivity contribution in [1.82, 2.24) is 0 Å². The molecular formula is C20H30O5. The quantitative estimate of drug-likeness (QED) is 0.519. The van der Waals surface area contributed by atoms with E-state index in [1.54, 1.807) is 13.8 Å². The summed E-state index contributed by atoms with van der Waals surface area (Å²) in [6, 6.07) is 0.